The number of anilines is 1. The molecule has 2 aliphatic rings. The van der Waals surface area contributed by atoms with Crippen LogP contribution in [0, 0.1) is 18.8 Å². The van der Waals surface area contributed by atoms with Crippen molar-refractivity contribution < 1.29 is 32.3 Å². The molecule has 2 aromatic rings. The first-order chi connectivity index (χ1) is 17.6. The van der Waals surface area contributed by atoms with E-state index < -0.39 is 21.8 Å². The topological polar surface area (TPSA) is 153 Å². The van der Waals surface area contributed by atoms with Gasteiger partial charge in [-0.25, -0.2) is 18.0 Å². The molecule has 4 amide bonds. The number of amides is 4. The summed E-state index contributed by atoms with van der Waals surface area (Å²) >= 11 is 0. The number of nitrogens with two attached hydrogens (primary N) is 1. The van der Waals surface area contributed by atoms with E-state index in [-0.39, 0.29) is 64.3 Å². The van der Waals surface area contributed by atoms with Crippen molar-refractivity contribution in [2.75, 3.05) is 18.5 Å². The molecule has 2 aromatic carbocycles. The molecule has 0 spiro atoms. The average Bonchev–Trinajstić information content (AvgIpc) is 3.11. The number of hydrogen-bond donors (Lipinski definition) is 2. The number of benzene rings is 2. The maximum atomic E-state index is 13.3. The van der Waals surface area contributed by atoms with Gasteiger partial charge in [0.05, 0.1) is 39.5 Å². The molecule has 2 atom stereocenters. The van der Waals surface area contributed by atoms with Crippen molar-refractivity contribution in [3.63, 3.8) is 0 Å². The average molecular weight is 528 g/mol. The number of nitrogens with one attached hydrogen (secondary N) is 1. The number of esters is 1. The zero-order valence-electron chi connectivity index (χ0n) is 20.4. The third kappa shape index (κ3) is 5.36. The summed E-state index contributed by atoms with van der Waals surface area (Å²) in [5.74, 6) is -1.70. The molecule has 37 heavy (non-hydrogen) atoms. The molecular weight excluding hydrogens is 498 g/mol. The molecule has 0 radical (unpaired) electrons. The van der Waals surface area contributed by atoms with E-state index in [0.29, 0.717) is 0 Å². The molecule has 11 heteroatoms. The second-order valence-electron chi connectivity index (χ2n) is 9.30. The Morgan fingerprint density at radius 2 is 1.65 bits per heavy atom. The number of sulfone groups is 1. The first-order valence-electron chi connectivity index (χ1n) is 12.1. The SMILES string of the molecule is Cc1ccc(S(=O)(=O)c2cccc(C(=O)OCCCN3C(=O)C4CCCCC4C3=O)c2NC(N)=O)cc1. The van der Waals surface area contributed by atoms with E-state index in [1.54, 1.807) is 12.1 Å². The summed E-state index contributed by atoms with van der Waals surface area (Å²) in [6.45, 7) is 1.83. The number of carbonyl (C=O) groups excluding carboxylic acids is 4. The van der Waals surface area contributed by atoms with Crippen molar-refractivity contribution in [3.8, 4) is 0 Å². The van der Waals surface area contributed by atoms with E-state index in [0.717, 1.165) is 31.2 Å². The molecule has 0 aromatic heterocycles. The minimum atomic E-state index is -4.11. The fourth-order valence-corrected chi connectivity index (χ4v) is 6.37. The van der Waals surface area contributed by atoms with Gasteiger partial charge in [-0.05, 0) is 50.5 Å². The lowest BCUT2D eigenvalue weighted by atomic mass is 9.81. The third-order valence-electron chi connectivity index (χ3n) is 6.81. The number of imide groups is 1. The van der Waals surface area contributed by atoms with E-state index in [1.165, 1.54) is 35.2 Å². The van der Waals surface area contributed by atoms with E-state index >= 15 is 0 Å². The normalized spacial score (nSPS) is 19.4. The summed E-state index contributed by atoms with van der Waals surface area (Å²) in [7, 11) is -4.11. The lowest BCUT2D eigenvalue weighted by Crippen LogP contribution is -2.32. The summed E-state index contributed by atoms with van der Waals surface area (Å²) in [5.41, 5.74) is 5.66. The number of fused-ring (bicyclic) bond motifs is 1. The minimum Gasteiger partial charge on any atom is -0.462 e. The highest BCUT2D eigenvalue weighted by Gasteiger charge is 2.47. The van der Waals surface area contributed by atoms with Gasteiger partial charge in [0.1, 0.15) is 0 Å². The van der Waals surface area contributed by atoms with Crippen molar-refractivity contribution in [1.82, 2.24) is 4.90 Å². The molecule has 1 aliphatic heterocycles. The molecule has 0 bridgehead atoms. The summed E-state index contributed by atoms with van der Waals surface area (Å²) < 4.78 is 31.9. The predicted molar refractivity (Wildman–Crippen MR) is 133 cm³/mol. The molecule has 1 aliphatic carbocycles. The number of ether oxygens (including phenoxy) is 1. The summed E-state index contributed by atoms with van der Waals surface area (Å²) in [5, 5.41) is 2.25. The second-order valence-corrected chi connectivity index (χ2v) is 11.2. The van der Waals surface area contributed by atoms with Gasteiger partial charge in [-0.1, -0.05) is 36.6 Å². The van der Waals surface area contributed by atoms with Crippen LogP contribution in [0.2, 0.25) is 0 Å². The Bertz CT molecular complexity index is 1310. The van der Waals surface area contributed by atoms with Crippen LogP contribution in [0.25, 0.3) is 0 Å². The van der Waals surface area contributed by atoms with Gasteiger partial charge in [-0.15, -0.1) is 0 Å². The van der Waals surface area contributed by atoms with Crippen molar-refractivity contribution in [3.05, 3.63) is 53.6 Å². The largest absolute Gasteiger partial charge is 0.462 e. The van der Waals surface area contributed by atoms with Gasteiger partial charge in [0.25, 0.3) is 0 Å². The summed E-state index contributed by atoms with van der Waals surface area (Å²) in [6.07, 6.45) is 3.54. The quantitative estimate of drug-likeness (QED) is 0.304. The first kappa shape index (κ1) is 26.3. The molecule has 10 nitrogen and oxygen atoms in total. The van der Waals surface area contributed by atoms with Crippen LogP contribution in [0.4, 0.5) is 10.5 Å². The molecule has 3 N–H and O–H groups in total. The number of aryl methyl sites for hydroxylation is 1. The van der Waals surface area contributed by atoms with E-state index in [2.05, 4.69) is 5.32 Å². The Morgan fingerprint density at radius 3 is 2.24 bits per heavy atom. The Labute approximate surface area is 215 Å². The highest BCUT2D eigenvalue weighted by molar-refractivity contribution is 7.91. The van der Waals surface area contributed by atoms with Gasteiger partial charge in [-0.2, -0.15) is 0 Å². The lowest BCUT2D eigenvalue weighted by Gasteiger charge is -2.19. The van der Waals surface area contributed by atoms with Gasteiger partial charge in [-0.3, -0.25) is 14.5 Å². The number of likely N-dealkylation sites (tertiary alicyclic amines) is 1. The molecule has 4 rings (SSSR count). The first-order valence-corrected chi connectivity index (χ1v) is 13.6. The predicted octanol–water partition coefficient (Wildman–Crippen LogP) is 3.04. The van der Waals surface area contributed by atoms with E-state index in [1.807, 2.05) is 6.92 Å². The Kier molecular flexibility index (Phi) is 7.63. The van der Waals surface area contributed by atoms with Crippen LogP contribution in [0.5, 0.6) is 0 Å². The molecule has 196 valence electrons. The fourth-order valence-electron chi connectivity index (χ4n) is 4.94. The van der Waals surface area contributed by atoms with Crippen LogP contribution in [0.15, 0.2) is 52.3 Å². The summed E-state index contributed by atoms with van der Waals surface area (Å²) in [6, 6.07) is 9.04. The molecule has 1 saturated heterocycles. The van der Waals surface area contributed by atoms with Crippen LogP contribution in [-0.4, -0.2) is 50.3 Å². The lowest BCUT2D eigenvalue weighted by molar-refractivity contribution is -0.140. The zero-order valence-corrected chi connectivity index (χ0v) is 21.3. The van der Waals surface area contributed by atoms with Crippen LogP contribution in [0.1, 0.15) is 48.0 Å². The Balaban J connectivity index is 1.48. The highest BCUT2D eigenvalue weighted by Crippen LogP contribution is 2.38. The van der Waals surface area contributed by atoms with Crippen molar-refractivity contribution >= 4 is 39.3 Å². The van der Waals surface area contributed by atoms with Crippen LogP contribution < -0.4 is 11.1 Å². The number of rotatable bonds is 8. The maximum Gasteiger partial charge on any atom is 0.340 e. The number of nitrogens with zero attached hydrogens (tertiary/aromatic N) is 1. The fraction of sp³-hybridized carbons (Fsp3) is 0.385. The standard InChI is InChI=1S/C26H29N3O7S/c1-16-10-12-17(13-11-16)37(34,35)21-9-4-8-20(22(21)28-26(27)33)25(32)36-15-5-14-29-23(30)18-6-2-3-7-19(18)24(29)31/h4,8-13,18-19H,2-3,5-7,14-15H2,1H3,(H3,27,28,33). The Morgan fingerprint density at radius 1 is 1.03 bits per heavy atom. The number of primary amides is 1. The van der Waals surface area contributed by atoms with Crippen molar-refractivity contribution in [2.24, 2.45) is 17.6 Å². The Hall–Kier alpha value is -3.73. The number of carbonyl (C=O) groups is 4. The minimum absolute atomic E-state index is 0.0170. The molecule has 2 unspecified atom stereocenters. The van der Waals surface area contributed by atoms with Gasteiger partial charge in [0, 0.05) is 6.54 Å². The number of hydrogen-bond acceptors (Lipinski definition) is 7. The van der Waals surface area contributed by atoms with Gasteiger partial charge < -0.3 is 15.8 Å². The zero-order chi connectivity index (χ0) is 26.7. The van der Waals surface area contributed by atoms with Crippen LogP contribution in [0.3, 0.4) is 0 Å². The van der Waals surface area contributed by atoms with Gasteiger partial charge in [0.2, 0.25) is 21.7 Å². The second kappa shape index (κ2) is 10.7. The highest BCUT2D eigenvalue weighted by atomic mass is 32.2. The summed E-state index contributed by atoms with van der Waals surface area (Å²) in [4.78, 5) is 50.7. The monoisotopic (exact) mass is 527 g/mol. The number of para-hydroxylation sites is 1. The number of urea groups is 1. The third-order valence-corrected chi connectivity index (χ3v) is 8.62. The van der Waals surface area contributed by atoms with Crippen LogP contribution in [-0.2, 0) is 24.2 Å². The maximum absolute atomic E-state index is 13.3. The molecular formula is C26H29N3O7S. The van der Waals surface area contributed by atoms with Crippen molar-refractivity contribution in [2.45, 2.75) is 48.8 Å². The van der Waals surface area contributed by atoms with Gasteiger partial charge in [0.15, 0.2) is 0 Å². The van der Waals surface area contributed by atoms with E-state index in [4.69, 9.17) is 10.5 Å². The molecule has 2 fully saturated rings. The van der Waals surface area contributed by atoms with Crippen LogP contribution >= 0.6 is 0 Å². The van der Waals surface area contributed by atoms with Crippen molar-refractivity contribution in [1.29, 1.82) is 0 Å². The smallest absolute Gasteiger partial charge is 0.340 e. The van der Waals surface area contributed by atoms with E-state index in [9.17, 15) is 27.6 Å². The molecule has 1 saturated carbocycles. The molecule has 1 heterocycles. The van der Waals surface area contributed by atoms with Gasteiger partial charge >= 0.3 is 12.0 Å².